The molecule has 1 spiro atoms. The number of hydrogen-bond donors (Lipinski definition) is 1. The van der Waals surface area contributed by atoms with Crippen LogP contribution in [0.5, 0.6) is 0 Å². The molecule has 0 radical (unpaired) electrons. The molecule has 1 fully saturated rings. The fourth-order valence-electron chi connectivity index (χ4n) is 4.09. The maximum Gasteiger partial charge on any atom is 0.0949 e. The van der Waals surface area contributed by atoms with Crippen molar-refractivity contribution >= 4 is 0 Å². The van der Waals surface area contributed by atoms with Crippen molar-refractivity contribution in [1.82, 2.24) is 5.32 Å². The minimum absolute atomic E-state index is 0.0459. The average molecular weight is 287 g/mol. The van der Waals surface area contributed by atoms with Crippen molar-refractivity contribution < 1.29 is 4.74 Å². The van der Waals surface area contributed by atoms with E-state index in [1.54, 1.807) is 0 Å². The molecule has 21 heavy (non-hydrogen) atoms. The van der Waals surface area contributed by atoms with Gasteiger partial charge in [-0.25, -0.2) is 0 Å². The molecular weight excluding hydrogens is 258 g/mol. The number of ether oxygens (including phenoxy) is 1. The second-order valence-corrected chi connectivity index (χ2v) is 7.42. The Bertz CT molecular complexity index is 496. The Kier molecular flexibility index (Phi) is 4.11. The first-order chi connectivity index (χ1) is 10.1. The lowest BCUT2D eigenvalue weighted by molar-refractivity contribution is -0.109. The maximum absolute atomic E-state index is 6.40. The standard InChI is InChI=1S/C19H29NO/c1-4-12-20-15-9-13-21-19(14-15)11-10-18(2,3)16-7-5-6-8-17(16)19/h5-8,15,20H,4,9-14H2,1-3H3. The van der Waals surface area contributed by atoms with E-state index in [1.165, 1.54) is 24.0 Å². The zero-order valence-corrected chi connectivity index (χ0v) is 13.7. The van der Waals surface area contributed by atoms with Crippen LogP contribution in [-0.2, 0) is 15.8 Å². The van der Waals surface area contributed by atoms with Crippen LogP contribution < -0.4 is 5.32 Å². The molecule has 2 nitrogen and oxygen atoms in total. The molecule has 116 valence electrons. The second-order valence-electron chi connectivity index (χ2n) is 7.42. The van der Waals surface area contributed by atoms with E-state index in [9.17, 15) is 0 Å². The van der Waals surface area contributed by atoms with Gasteiger partial charge < -0.3 is 10.1 Å². The summed E-state index contributed by atoms with van der Waals surface area (Å²) >= 11 is 0. The monoisotopic (exact) mass is 287 g/mol. The van der Waals surface area contributed by atoms with Gasteiger partial charge in [-0.3, -0.25) is 0 Å². The highest BCUT2D eigenvalue weighted by molar-refractivity contribution is 5.40. The summed E-state index contributed by atoms with van der Waals surface area (Å²) in [5.41, 5.74) is 3.17. The minimum atomic E-state index is -0.0459. The molecule has 2 aliphatic rings. The lowest BCUT2D eigenvalue weighted by Gasteiger charge is -2.49. The molecule has 1 aromatic carbocycles. The minimum Gasteiger partial charge on any atom is -0.370 e. The van der Waals surface area contributed by atoms with Crippen molar-refractivity contribution in [2.75, 3.05) is 13.2 Å². The van der Waals surface area contributed by atoms with Crippen LogP contribution >= 0.6 is 0 Å². The van der Waals surface area contributed by atoms with Crippen LogP contribution in [0, 0.1) is 0 Å². The van der Waals surface area contributed by atoms with Crippen LogP contribution in [0.25, 0.3) is 0 Å². The molecule has 0 amide bonds. The van der Waals surface area contributed by atoms with Crippen molar-refractivity contribution in [2.45, 2.75) is 69.9 Å². The SMILES string of the molecule is CCCNC1CCOC2(CCC(C)(C)c3ccccc32)C1. The molecular formula is C19H29NO. The van der Waals surface area contributed by atoms with Crippen LogP contribution in [0.15, 0.2) is 24.3 Å². The van der Waals surface area contributed by atoms with Gasteiger partial charge in [-0.2, -0.15) is 0 Å². The highest BCUT2D eigenvalue weighted by Gasteiger charge is 2.46. The average Bonchev–Trinajstić information content (AvgIpc) is 2.51. The van der Waals surface area contributed by atoms with Crippen LogP contribution in [0.3, 0.4) is 0 Å². The van der Waals surface area contributed by atoms with Crippen molar-refractivity contribution in [3.05, 3.63) is 35.4 Å². The molecule has 1 aromatic rings. The Morgan fingerprint density at radius 1 is 1.19 bits per heavy atom. The highest BCUT2D eigenvalue weighted by atomic mass is 16.5. The van der Waals surface area contributed by atoms with E-state index < -0.39 is 0 Å². The molecule has 0 bridgehead atoms. The Labute approximate surface area is 129 Å². The van der Waals surface area contributed by atoms with Gasteiger partial charge in [-0.1, -0.05) is 45.0 Å². The van der Waals surface area contributed by atoms with Crippen molar-refractivity contribution in [3.8, 4) is 0 Å². The fraction of sp³-hybridized carbons (Fsp3) is 0.684. The molecule has 1 aliphatic heterocycles. The molecule has 1 aliphatic carbocycles. The molecule has 2 heteroatoms. The van der Waals surface area contributed by atoms with Gasteiger partial charge in [0, 0.05) is 12.6 Å². The lowest BCUT2D eigenvalue weighted by Crippen LogP contribution is -2.49. The quantitative estimate of drug-likeness (QED) is 0.902. The summed E-state index contributed by atoms with van der Waals surface area (Å²) in [5, 5.41) is 3.71. The van der Waals surface area contributed by atoms with E-state index in [1.807, 2.05) is 0 Å². The molecule has 0 aromatic heterocycles. The van der Waals surface area contributed by atoms with Crippen molar-refractivity contribution in [3.63, 3.8) is 0 Å². The van der Waals surface area contributed by atoms with Crippen LogP contribution in [0.1, 0.15) is 64.0 Å². The van der Waals surface area contributed by atoms with Gasteiger partial charge >= 0.3 is 0 Å². The summed E-state index contributed by atoms with van der Waals surface area (Å²) in [6, 6.07) is 9.57. The largest absolute Gasteiger partial charge is 0.370 e. The van der Waals surface area contributed by atoms with E-state index in [0.29, 0.717) is 6.04 Å². The Balaban J connectivity index is 1.91. The summed E-state index contributed by atoms with van der Waals surface area (Å²) in [4.78, 5) is 0. The van der Waals surface area contributed by atoms with Gasteiger partial charge in [0.15, 0.2) is 0 Å². The van der Waals surface area contributed by atoms with Crippen LogP contribution in [-0.4, -0.2) is 19.2 Å². The zero-order valence-electron chi connectivity index (χ0n) is 13.7. The first kappa shape index (κ1) is 15.1. The van der Waals surface area contributed by atoms with Gasteiger partial charge in [0.2, 0.25) is 0 Å². The van der Waals surface area contributed by atoms with E-state index in [2.05, 4.69) is 50.4 Å². The number of benzene rings is 1. The molecule has 3 rings (SSSR count). The first-order valence-electron chi connectivity index (χ1n) is 8.55. The first-order valence-corrected chi connectivity index (χ1v) is 8.55. The maximum atomic E-state index is 6.40. The van der Waals surface area contributed by atoms with Gasteiger partial charge in [0.05, 0.1) is 5.60 Å². The predicted octanol–water partition coefficient (Wildman–Crippen LogP) is 4.13. The summed E-state index contributed by atoms with van der Waals surface area (Å²) in [5.74, 6) is 0. The number of rotatable bonds is 3. The number of hydrogen-bond acceptors (Lipinski definition) is 2. The molecule has 2 atom stereocenters. The van der Waals surface area contributed by atoms with Crippen LogP contribution in [0.4, 0.5) is 0 Å². The topological polar surface area (TPSA) is 21.3 Å². The smallest absolute Gasteiger partial charge is 0.0949 e. The highest BCUT2D eigenvalue weighted by Crippen LogP contribution is 2.50. The molecule has 1 heterocycles. The van der Waals surface area contributed by atoms with Gasteiger partial charge in [-0.05, 0) is 55.2 Å². The third-order valence-corrected chi connectivity index (χ3v) is 5.40. The lowest BCUT2D eigenvalue weighted by atomic mass is 9.64. The van der Waals surface area contributed by atoms with Gasteiger partial charge in [-0.15, -0.1) is 0 Å². The van der Waals surface area contributed by atoms with E-state index in [-0.39, 0.29) is 11.0 Å². The zero-order chi connectivity index (χ0) is 14.9. The van der Waals surface area contributed by atoms with E-state index in [0.717, 1.165) is 32.4 Å². The summed E-state index contributed by atoms with van der Waals surface area (Å²) in [6.07, 6.45) is 5.84. The normalized spacial score (nSPS) is 31.1. The molecule has 1 saturated heterocycles. The number of nitrogens with one attached hydrogen (secondary N) is 1. The second kappa shape index (κ2) is 5.73. The van der Waals surface area contributed by atoms with Gasteiger partial charge in [0.25, 0.3) is 0 Å². The van der Waals surface area contributed by atoms with Crippen molar-refractivity contribution in [1.29, 1.82) is 0 Å². The Morgan fingerprint density at radius 3 is 2.71 bits per heavy atom. The Morgan fingerprint density at radius 2 is 1.95 bits per heavy atom. The third-order valence-electron chi connectivity index (χ3n) is 5.40. The van der Waals surface area contributed by atoms with E-state index in [4.69, 9.17) is 4.74 Å². The van der Waals surface area contributed by atoms with Crippen LogP contribution in [0.2, 0.25) is 0 Å². The molecule has 1 N–H and O–H groups in total. The predicted molar refractivity (Wildman–Crippen MR) is 87.6 cm³/mol. The van der Waals surface area contributed by atoms with Gasteiger partial charge in [0.1, 0.15) is 0 Å². The summed E-state index contributed by atoms with van der Waals surface area (Å²) in [7, 11) is 0. The summed E-state index contributed by atoms with van der Waals surface area (Å²) < 4.78 is 6.40. The molecule has 2 unspecified atom stereocenters. The third kappa shape index (κ3) is 2.76. The van der Waals surface area contributed by atoms with Crippen molar-refractivity contribution in [2.24, 2.45) is 0 Å². The van der Waals surface area contributed by atoms with E-state index >= 15 is 0 Å². The number of fused-ring (bicyclic) bond motifs is 2. The Hall–Kier alpha value is -0.860. The fourth-order valence-corrected chi connectivity index (χ4v) is 4.09. The summed E-state index contributed by atoms with van der Waals surface area (Å²) in [6.45, 7) is 8.98. The molecule has 0 saturated carbocycles.